The second-order valence-electron chi connectivity index (χ2n) is 7.82. The number of likely N-dealkylation sites (tertiary alicyclic amines) is 1. The lowest BCUT2D eigenvalue weighted by Gasteiger charge is -2.32. The van der Waals surface area contributed by atoms with Crippen molar-refractivity contribution < 1.29 is 4.79 Å². The molecule has 7 heteroatoms. The number of benzene rings is 1. The van der Waals surface area contributed by atoms with Gasteiger partial charge in [-0.25, -0.2) is 0 Å². The van der Waals surface area contributed by atoms with Gasteiger partial charge in [-0.05, 0) is 30.9 Å². The molecule has 5 rings (SSSR count). The molecule has 1 amide bonds. The van der Waals surface area contributed by atoms with Gasteiger partial charge in [-0.1, -0.05) is 18.2 Å². The van der Waals surface area contributed by atoms with Crippen LogP contribution in [-0.4, -0.2) is 50.2 Å². The van der Waals surface area contributed by atoms with Crippen LogP contribution in [0.5, 0.6) is 0 Å². The summed E-state index contributed by atoms with van der Waals surface area (Å²) in [6, 6.07) is 8.27. The molecule has 0 unspecified atom stereocenters. The molecule has 2 aliphatic heterocycles. The largest absolute Gasteiger partial charge is 0.361 e. The number of fused-ring (bicyclic) bond motifs is 2. The maximum Gasteiger partial charge on any atom is 0.222 e. The summed E-state index contributed by atoms with van der Waals surface area (Å²) >= 11 is 0. The van der Waals surface area contributed by atoms with Gasteiger partial charge in [0.1, 0.15) is 11.6 Å². The zero-order valence-corrected chi connectivity index (χ0v) is 16.0. The molecule has 1 fully saturated rings. The number of carbonyl (C=O) groups excluding carboxylic acids is 1. The maximum absolute atomic E-state index is 12.7. The molecule has 4 heterocycles. The molecular formula is C21H26N6O. The molecule has 2 N–H and O–H groups in total. The van der Waals surface area contributed by atoms with Crippen molar-refractivity contribution in [3.8, 4) is 0 Å². The first-order chi connectivity index (χ1) is 13.8. The monoisotopic (exact) mass is 378 g/mol. The smallest absolute Gasteiger partial charge is 0.222 e. The Hall–Kier alpha value is -2.67. The lowest BCUT2D eigenvalue weighted by Crippen LogP contribution is -2.39. The van der Waals surface area contributed by atoms with E-state index in [1.807, 2.05) is 23.2 Å². The van der Waals surface area contributed by atoms with Crippen LogP contribution in [0.25, 0.3) is 10.9 Å². The highest BCUT2D eigenvalue weighted by molar-refractivity contribution is 5.84. The van der Waals surface area contributed by atoms with E-state index in [-0.39, 0.29) is 5.91 Å². The molecule has 0 aliphatic carbocycles. The van der Waals surface area contributed by atoms with Gasteiger partial charge in [-0.15, -0.1) is 10.2 Å². The second-order valence-corrected chi connectivity index (χ2v) is 7.82. The van der Waals surface area contributed by atoms with Crippen LogP contribution in [0.3, 0.4) is 0 Å². The molecule has 3 aromatic rings. The molecule has 28 heavy (non-hydrogen) atoms. The summed E-state index contributed by atoms with van der Waals surface area (Å²) in [5.74, 6) is 2.83. The molecule has 7 nitrogen and oxygen atoms in total. The lowest BCUT2D eigenvalue weighted by molar-refractivity contribution is -0.132. The Bertz CT molecular complexity index is 982. The van der Waals surface area contributed by atoms with Crippen molar-refractivity contribution in [1.82, 2.24) is 30.0 Å². The van der Waals surface area contributed by atoms with Gasteiger partial charge < -0.3 is 19.8 Å². The molecular weight excluding hydrogens is 352 g/mol. The number of carbonyl (C=O) groups is 1. The molecule has 146 valence electrons. The van der Waals surface area contributed by atoms with Crippen LogP contribution in [-0.2, 0) is 24.3 Å². The number of hydrogen-bond acceptors (Lipinski definition) is 4. The Balaban J connectivity index is 1.18. The van der Waals surface area contributed by atoms with E-state index in [4.69, 9.17) is 0 Å². The van der Waals surface area contributed by atoms with E-state index in [1.54, 1.807) is 0 Å². The summed E-state index contributed by atoms with van der Waals surface area (Å²) in [7, 11) is 0. The van der Waals surface area contributed by atoms with E-state index in [0.29, 0.717) is 12.3 Å². The van der Waals surface area contributed by atoms with Crippen molar-refractivity contribution in [3.05, 3.63) is 47.7 Å². The minimum atomic E-state index is 0.260. The average molecular weight is 378 g/mol. The minimum Gasteiger partial charge on any atom is -0.361 e. The van der Waals surface area contributed by atoms with E-state index < -0.39 is 0 Å². The Morgan fingerprint density at radius 2 is 2.00 bits per heavy atom. The zero-order chi connectivity index (χ0) is 18.9. The van der Waals surface area contributed by atoms with Gasteiger partial charge in [0.2, 0.25) is 5.91 Å². The van der Waals surface area contributed by atoms with Crippen LogP contribution in [0.4, 0.5) is 0 Å². The molecule has 1 aromatic carbocycles. The first-order valence-electron chi connectivity index (χ1n) is 10.2. The maximum atomic E-state index is 12.7. The van der Waals surface area contributed by atoms with Gasteiger partial charge in [0.15, 0.2) is 0 Å². The molecule has 2 aliphatic rings. The number of nitrogens with one attached hydrogen (secondary N) is 2. The number of aromatic nitrogens is 4. The normalized spacial score (nSPS) is 17.8. The lowest BCUT2D eigenvalue weighted by atomic mass is 9.95. The number of rotatable bonds is 4. The number of nitrogens with zero attached hydrogens (tertiary/aromatic N) is 4. The van der Waals surface area contributed by atoms with E-state index in [1.165, 1.54) is 10.9 Å². The number of hydrogen-bond donors (Lipinski definition) is 2. The van der Waals surface area contributed by atoms with Crippen molar-refractivity contribution in [2.45, 2.75) is 44.7 Å². The van der Waals surface area contributed by atoms with Crippen molar-refractivity contribution >= 4 is 16.8 Å². The summed E-state index contributed by atoms with van der Waals surface area (Å²) in [5, 5.41) is 13.4. The van der Waals surface area contributed by atoms with Crippen molar-refractivity contribution in [2.75, 3.05) is 19.6 Å². The van der Waals surface area contributed by atoms with Crippen LogP contribution >= 0.6 is 0 Å². The standard InChI is InChI=1S/C21H26N6O/c28-20(6-5-16-13-23-18-4-2-1-3-17(16)18)26-10-7-15(8-11-26)21-25-24-19-14-22-9-12-27(19)21/h1-4,13,15,22-23H,5-12,14H2. The molecule has 0 radical (unpaired) electrons. The first-order valence-corrected chi connectivity index (χ1v) is 10.2. The third kappa shape index (κ3) is 3.20. The summed E-state index contributed by atoms with van der Waals surface area (Å²) in [5.41, 5.74) is 2.36. The predicted octanol–water partition coefficient (Wildman–Crippen LogP) is 2.20. The van der Waals surface area contributed by atoms with Gasteiger partial charge in [0.25, 0.3) is 0 Å². The molecule has 2 aromatic heterocycles. The van der Waals surface area contributed by atoms with E-state index in [0.717, 1.165) is 69.2 Å². The quantitative estimate of drug-likeness (QED) is 0.730. The molecule has 0 saturated carbocycles. The van der Waals surface area contributed by atoms with Crippen molar-refractivity contribution in [1.29, 1.82) is 0 Å². The third-order valence-electron chi connectivity index (χ3n) is 6.15. The number of aromatic amines is 1. The van der Waals surface area contributed by atoms with E-state index in [9.17, 15) is 4.79 Å². The third-order valence-corrected chi connectivity index (χ3v) is 6.15. The number of amides is 1. The van der Waals surface area contributed by atoms with Crippen LogP contribution in [0.1, 0.15) is 42.4 Å². The second kappa shape index (κ2) is 7.39. The van der Waals surface area contributed by atoms with Crippen LogP contribution < -0.4 is 5.32 Å². The van der Waals surface area contributed by atoms with Crippen LogP contribution in [0.2, 0.25) is 0 Å². The Kier molecular flexibility index (Phi) is 4.60. The predicted molar refractivity (Wildman–Crippen MR) is 107 cm³/mol. The Morgan fingerprint density at radius 3 is 2.89 bits per heavy atom. The molecule has 0 spiro atoms. The Labute approximate surface area is 164 Å². The fourth-order valence-electron chi connectivity index (χ4n) is 4.54. The number of para-hydroxylation sites is 1. The topological polar surface area (TPSA) is 78.8 Å². The summed E-state index contributed by atoms with van der Waals surface area (Å²) < 4.78 is 2.27. The molecule has 1 saturated heterocycles. The molecule has 0 atom stereocenters. The average Bonchev–Trinajstić information content (AvgIpc) is 3.36. The zero-order valence-electron chi connectivity index (χ0n) is 16.0. The summed E-state index contributed by atoms with van der Waals surface area (Å²) in [6.07, 6.45) is 5.34. The van der Waals surface area contributed by atoms with E-state index in [2.05, 4.69) is 37.2 Å². The van der Waals surface area contributed by atoms with Gasteiger partial charge in [-0.3, -0.25) is 4.79 Å². The van der Waals surface area contributed by atoms with Gasteiger partial charge in [-0.2, -0.15) is 0 Å². The highest BCUT2D eigenvalue weighted by atomic mass is 16.2. The number of piperidine rings is 1. The molecule has 0 bridgehead atoms. The van der Waals surface area contributed by atoms with E-state index >= 15 is 0 Å². The number of aryl methyl sites for hydroxylation is 1. The van der Waals surface area contributed by atoms with Gasteiger partial charge in [0, 0.05) is 55.6 Å². The highest BCUT2D eigenvalue weighted by Gasteiger charge is 2.28. The SMILES string of the molecule is O=C(CCc1c[nH]c2ccccc12)N1CCC(c2nnc3n2CCNC3)CC1. The van der Waals surface area contributed by atoms with Gasteiger partial charge in [0.05, 0.1) is 6.54 Å². The minimum absolute atomic E-state index is 0.260. The summed E-state index contributed by atoms with van der Waals surface area (Å²) in [6.45, 7) is 4.36. The Morgan fingerprint density at radius 1 is 1.14 bits per heavy atom. The fourth-order valence-corrected chi connectivity index (χ4v) is 4.54. The van der Waals surface area contributed by atoms with Crippen molar-refractivity contribution in [2.24, 2.45) is 0 Å². The first kappa shape index (κ1) is 17.4. The van der Waals surface area contributed by atoms with Crippen LogP contribution in [0, 0.1) is 0 Å². The fraction of sp³-hybridized carbons (Fsp3) is 0.476. The van der Waals surface area contributed by atoms with Crippen molar-refractivity contribution in [3.63, 3.8) is 0 Å². The summed E-state index contributed by atoms with van der Waals surface area (Å²) in [4.78, 5) is 18.1. The van der Waals surface area contributed by atoms with Crippen LogP contribution in [0.15, 0.2) is 30.5 Å². The highest BCUT2D eigenvalue weighted by Crippen LogP contribution is 2.28. The van der Waals surface area contributed by atoms with Gasteiger partial charge >= 0.3 is 0 Å². The number of H-pyrrole nitrogens is 1.